The van der Waals surface area contributed by atoms with E-state index in [4.69, 9.17) is 0 Å². The minimum Gasteiger partial charge on any atom is -0.345 e. The van der Waals surface area contributed by atoms with Crippen LogP contribution in [0.4, 0.5) is 4.79 Å². The number of hydrogen-bond donors (Lipinski definition) is 1. The number of amides is 5. The second-order valence-electron chi connectivity index (χ2n) is 7.50. The topological polar surface area (TPSA) is 86.8 Å². The monoisotopic (exact) mass is 415 g/mol. The quantitative estimate of drug-likeness (QED) is 0.512. The fourth-order valence-corrected chi connectivity index (χ4v) is 3.68. The van der Waals surface area contributed by atoms with E-state index in [2.05, 4.69) is 5.32 Å². The molecule has 156 valence electrons. The first kappa shape index (κ1) is 20.3. The molecule has 0 saturated carbocycles. The molecule has 5 amide bonds. The molecule has 1 saturated heterocycles. The Morgan fingerprint density at radius 3 is 2.26 bits per heavy atom. The standard InChI is InChI=1S/C24H21N3O4/c1-15(19-9-5-7-17-6-3-4-8-20(17)19)25-21(28)18-12-10-16(11-13-18)14-27-23(30)22(29)26(2)24(27)31/h3-13,15H,14H2,1-2H3,(H,25,28)/t15-/m1/s1. The number of rotatable bonds is 5. The van der Waals surface area contributed by atoms with Gasteiger partial charge in [0.15, 0.2) is 0 Å². The molecule has 0 unspecified atom stereocenters. The predicted octanol–water partition coefficient (Wildman–Crippen LogP) is 3.25. The van der Waals surface area contributed by atoms with E-state index in [9.17, 15) is 19.2 Å². The molecule has 3 aromatic carbocycles. The van der Waals surface area contributed by atoms with E-state index >= 15 is 0 Å². The number of carbonyl (C=O) groups is 4. The van der Waals surface area contributed by atoms with E-state index in [0.717, 1.165) is 26.1 Å². The molecule has 7 heteroatoms. The molecule has 1 aliphatic heterocycles. The summed E-state index contributed by atoms with van der Waals surface area (Å²) in [7, 11) is 1.27. The second-order valence-corrected chi connectivity index (χ2v) is 7.50. The highest BCUT2D eigenvalue weighted by molar-refractivity contribution is 6.44. The van der Waals surface area contributed by atoms with Crippen LogP contribution < -0.4 is 5.32 Å². The number of benzene rings is 3. The molecule has 1 atom stereocenters. The van der Waals surface area contributed by atoms with E-state index in [1.54, 1.807) is 24.3 Å². The highest BCUT2D eigenvalue weighted by atomic mass is 16.2. The van der Waals surface area contributed by atoms with E-state index in [0.29, 0.717) is 11.1 Å². The van der Waals surface area contributed by atoms with Gasteiger partial charge >= 0.3 is 17.8 Å². The van der Waals surface area contributed by atoms with Crippen molar-refractivity contribution in [1.82, 2.24) is 15.1 Å². The normalized spacial score (nSPS) is 15.0. The molecule has 1 aliphatic rings. The van der Waals surface area contributed by atoms with Crippen LogP contribution in [0.5, 0.6) is 0 Å². The van der Waals surface area contributed by atoms with E-state index in [1.165, 1.54) is 7.05 Å². The lowest BCUT2D eigenvalue weighted by Gasteiger charge is -2.17. The van der Waals surface area contributed by atoms with Crippen molar-refractivity contribution in [2.75, 3.05) is 7.05 Å². The molecule has 0 bridgehead atoms. The largest absolute Gasteiger partial charge is 0.345 e. The van der Waals surface area contributed by atoms with Crippen molar-refractivity contribution in [2.24, 2.45) is 0 Å². The molecule has 31 heavy (non-hydrogen) atoms. The second kappa shape index (κ2) is 8.02. The first-order valence-electron chi connectivity index (χ1n) is 9.88. The summed E-state index contributed by atoms with van der Waals surface area (Å²) in [6.45, 7) is 1.91. The number of urea groups is 1. The Bertz CT molecular complexity index is 1200. The Kier molecular flexibility index (Phi) is 5.25. The Morgan fingerprint density at radius 2 is 1.58 bits per heavy atom. The third-order valence-corrected chi connectivity index (χ3v) is 5.44. The number of nitrogens with zero attached hydrogens (tertiary/aromatic N) is 2. The number of imide groups is 2. The predicted molar refractivity (Wildman–Crippen MR) is 115 cm³/mol. The first-order valence-corrected chi connectivity index (χ1v) is 9.88. The molecule has 1 fully saturated rings. The Hall–Kier alpha value is -4.00. The van der Waals surface area contributed by atoms with Gasteiger partial charge in [0.25, 0.3) is 5.91 Å². The van der Waals surface area contributed by atoms with Gasteiger partial charge in [-0.15, -0.1) is 0 Å². The molecule has 1 N–H and O–H groups in total. The summed E-state index contributed by atoms with van der Waals surface area (Å²) in [5.74, 6) is -1.92. The zero-order chi connectivity index (χ0) is 22.1. The summed E-state index contributed by atoms with van der Waals surface area (Å²) >= 11 is 0. The van der Waals surface area contributed by atoms with Crippen molar-refractivity contribution in [3.8, 4) is 0 Å². The van der Waals surface area contributed by atoms with Gasteiger partial charge in [0, 0.05) is 12.6 Å². The van der Waals surface area contributed by atoms with E-state index in [1.807, 2.05) is 49.4 Å². The smallest absolute Gasteiger partial charge is 0.334 e. The van der Waals surface area contributed by atoms with Gasteiger partial charge in [-0.1, -0.05) is 54.6 Å². The Labute approximate surface area is 179 Å². The van der Waals surface area contributed by atoms with Crippen LogP contribution in [0.15, 0.2) is 66.7 Å². The molecule has 0 aromatic heterocycles. The maximum absolute atomic E-state index is 12.7. The van der Waals surface area contributed by atoms with Gasteiger partial charge in [-0.05, 0) is 41.0 Å². The fourth-order valence-electron chi connectivity index (χ4n) is 3.68. The van der Waals surface area contributed by atoms with Crippen LogP contribution in [0.1, 0.15) is 34.5 Å². The van der Waals surface area contributed by atoms with Crippen molar-refractivity contribution in [3.05, 3.63) is 83.4 Å². The number of likely N-dealkylation sites (N-methyl/N-ethyl adjacent to an activating group) is 1. The van der Waals surface area contributed by atoms with Crippen LogP contribution in [0.2, 0.25) is 0 Å². The van der Waals surface area contributed by atoms with Crippen LogP contribution in [-0.4, -0.2) is 40.6 Å². The van der Waals surface area contributed by atoms with Crippen molar-refractivity contribution in [1.29, 1.82) is 0 Å². The van der Waals surface area contributed by atoms with Gasteiger partial charge in [0.05, 0.1) is 12.6 Å². The zero-order valence-corrected chi connectivity index (χ0v) is 17.2. The molecule has 0 spiro atoms. The number of fused-ring (bicyclic) bond motifs is 1. The van der Waals surface area contributed by atoms with Crippen molar-refractivity contribution >= 4 is 34.5 Å². The zero-order valence-electron chi connectivity index (χ0n) is 17.2. The van der Waals surface area contributed by atoms with Crippen molar-refractivity contribution in [3.63, 3.8) is 0 Å². The van der Waals surface area contributed by atoms with Crippen LogP contribution in [-0.2, 0) is 16.1 Å². The lowest BCUT2D eigenvalue weighted by molar-refractivity contribution is -0.143. The lowest BCUT2D eigenvalue weighted by Crippen LogP contribution is -2.31. The first-order chi connectivity index (χ1) is 14.9. The molecule has 0 aliphatic carbocycles. The molecule has 0 radical (unpaired) electrons. The highest BCUT2D eigenvalue weighted by Crippen LogP contribution is 2.24. The van der Waals surface area contributed by atoms with E-state index in [-0.39, 0.29) is 18.5 Å². The summed E-state index contributed by atoms with van der Waals surface area (Å²) in [5, 5.41) is 5.22. The molecular formula is C24H21N3O4. The average molecular weight is 415 g/mol. The summed E-state index contributed by atoms with van der Waals surface area (Å²) < 4.78 is 0. The van der Waals surface area contributed by atoms with Gasteiger partial charge in [-0.3, -0.25) is 24.2 Å². The summed E-state index contributed by atoms with van der Waals surface area (Å²) in [4.78, 5) is 49.9. The van der Waals surface area contributed by atoms with Crippen LogP contribution in [0.3, 0.4) is 0 Å². The SMILES string of the molecule is C[C@@H](NC(=O)c1ccc(CN2C(=O)C(=O)N(C)C2=O)cc1)c1cccc2ccccc12. The number of carbonyl (C=O) groups excluding carboxylic acids is 4. The summed E-state index contributed by atoms with van der Waals surface area (Å²) in [5.41, 5.74) is 2.13. The highest BCUT2D eigenvalue weighted by Gasteiger charge is 2.41. The van der Waals surface area contributed by atoms with Crippen LogP contribution >= 0.6 is 0 Å². The third-order valence-electron chi connectivity index (χ3n) is 5.44. The van der Waals surface area contributed by atoms with E-state index < -0.39 is 17.8 Å². The van der Waals surface area contributed by atoms with Gasteiger partial charge in [-0.2, -0.15) is 0 Å². The van der Waals surface area contributed by atoms with Crippen molar-refractivity contribution < 1.29 is 19.2 Å². The molecular weight excluding hydrogens is 394 g/mol. The summed E-state index contributed by atoms with van der Waals surface area (Å²) in [6.07, 6.45) is 0. The van der Waals surface area contributed by atoms with Crippen molar-refractivity contribution in [2.45, 2.75) is 19.5 Å². The summed E-state index contributed by atoms with van der Waals surface area (Å²) in [6, 6.07) is 19.8. The maximum atomic E-state index is 12.7. The Balaban J connectivity index is 1.45. The van der Waals surface area contributed by atoms with Crippen LogP contribution in [0.25, 0.3) is 10.8 Å². The maximum Gasteiger partial charge on any atom is 0.334 e. The molecule has 1 heterocycles. The molecule has 7 nitrogen and oxygen atoms in total. The van der Waals surface area contributed by atoms with Crippen LogP contribution in [0, 0.1) is 0 Å². The van der Waals surface area contributed by atoms with Gasteiger partial charge in [0.2, 0.25) is 0 Å². The third kappa shape index (κ3) is 3.77. The number of hydrogen-bond acceptors (Lipinski definition) is 4. The van der Waals surface area contributed by atoms with Gasteiger partial charge in [0.1, 0.15) is 0 Å². The average Bonchev–Trinajstić information content (AvgIpc) is 2.97. The van der Waals surface area contributed by atoms with Gasteiger partial charge in [-0.25, -0.2) is 4.79 Å². The minimum absolute atomic E-state index is 0.0257. The molecule has 3 aromatic rings. The fraction of sp³-hybridized carbons (Fsp3) is 0.167. The van der Waals surface area contributed by atoms with Gasteiger partial charge < -0.3 is 5.32 Å². The lowest BCUT2D eigenvalue weighted by atomic mass is 9.99. The minimum atomic E-state index is -0.849. The molecule has 4 rings (SSSR count). The Morgan fingerprint density at radius 1 is 0.903 bits per heavy atom. The number of nitrogens with one attached hydrogen (secondary N) is 1.